The van der Waals surface area contributed by atoms with E-state index in [1.807, 2.05) is 6.07 Å². The summed E-state index contributed by atoms with van der Waals surface area (Å²) in [5.41, 5.74) is 0.921. The standard InChI is InChI=1S/C13H13Cl2N3O/c1-9(18-8-16-7-17-18)13(19)5-3-10-2-4-11(14)6-12(10)15/h2,4,6-9H,3,5H2,1H3. The molecule has 1 unspecified atom stereocenters. The van der Waals surface area contributed by atoms with Gasteiger partial charge in [-0.25, -0.2) is 9.67 Å². The molecule has 1 atom stereocenters. The van der Waals surface area contributed by atoms with Crippen molar-refractivity contribution < 1.29 is 4.79 Å². The smallest absolute Gasteiger partial charge is 0.157 e. The summed E-state index contributed by atoms with van der Waals surface area (Å²) in [5.74, 6) is 0.0940. The van der Waals surface area contributed by atoms with Gasteiger partial charge in [0, 0.05) is 16.5 Å². The van der Waals surface area contributed by atoms with Gasteiger partial charge in [-0.3, -0.25) is 4.79 Å². The van der Waals surface area contributed by atoms with Gasteiger partial charge in [-0.1, -0.05) is 29.3 Å². The largest absolute Gasteiger partial charge is 0.297 e. The summed E-state index contributed by atoms with van der Waals surface area (Å²) >= 11 is 11.9. The Morgan fingerprint density at radius 2 is 2.21 bits per heavy atom. The average molecular weight is 298 g/mol. The number of aryl methyl sites for hydroxylation is 1. The summed E-state index contributed by atoms with van der Waals surface area (Å²) in [4.78, 5) is 15.9. The molecule has 4 nitrogen and oxygen atoms in total. The van der Waals surface area contributed by atoms with Crippen LogP contribution in [-0.2, 0) is 11.2 Å². The van der Waals surface area contributed by atoms with Crippen molar-refractivity contribution in [2.75, 3.05) is 0 Å². The molecule has 0 saturated carbocycles. The Morgan fingerprint density at radius 3 is 2.84 bits per heavy atom. The van der Waals surface area contributed by atoms with Crippen LogP contribution in [0, 0.1) is 0 Å². The highest BCUT2D eigenvalue weighted by atomic mass is 35.5. The van der Waals surface area contributed by atoms with Gasteiger partial charge in [-0.05, 0) is 31.0 Å². The minimum Gasteiger partial charge on any atom is -0.297 e. The van der Waals surface area contributed by atoms with Crippen molar-refractivity contribution in [1.29, 1.82) is 0 Å². The van der Waals surface area contributed by atoms with Crippen molar-refractivity contribution in [3.63, 3.8) is 0 Å². The Morgan fingerprint density at radius 1 is 1.42 bits per heavy atom. The van der Waals surface area contributed by atoms with E-state index in [1.165, 1.54) is 12.7 Å². The molecule has 6 heteroatoms. The molecular formula is C13H13Cl2N3O. The number of carbonyl (C=O) groups is 1. The maximum atomic E-state index is 12.0. The number of rotatable bonds is 5. The zero-order chi connectivity index (χ0) is 13.8. The van der Waals surface area contributed by atoms with Gasteiger partial charge >= 0.3 is 0 Å². The molecule has 0 radical (unpaired) electrons. The fraction of sp³-hybridized carbons (Fsp3) is 0.308. The summed E-state index contributed by atoms with van der Waals surface area (Å²) in [6, 6.07) is 4.99. The Hall–Kier alpha value is -1.39. The summed E-state index contributed by atoms with van der Waals surface area (Å²) in [7, 11) is 0. The number of aromatic nitrogens is 3. The molecule has 0 aliphatic carbocycles. The zero-order valence-electron chi connectivity index (χ0n) is 10.4. The Kier molecular flexibility index (Phi) is 4.56. The molecule has 0 N–H and O–H groups in total. The van der Waals surface area contributed by atoms with Crippen molar-refractivity contribution in [3.05, 3.63) is 46.5 Å². The molecule has 0 aliphatic heterocycles. The highest BCUT2D eigenvalue weighted by Gasteiger charge is 2.15. The van der Waals surface area contributed by atoms with Crippen LogP contribution in [0.15, 0.2) is 30.9 Å². The van der Waals surface area contributed by atoms with Gasteiger partial charge in [0.05, 0.1) is 0 Å². The first-order chi connectivity index (χ1) is 9.08. The van der Waals surface area contributed by atoms with Gasteiger partial charge in [0.15, 0.2) is 5.78 Å². The molecule has 0 spiro atoms. The molecule has 0 amide bonds. The molecule has 0 aliphatic rings. The van der Waals surface area contributed by atoms with Crippen LogP contribution in [0.5, 0.6) is 0 Å². The van der Waals surface area contributed by atoms with E-state index in [1.54, 1.807) is 23.7 Å². The fourth-order valence-electron chi connectivity index (χ4n) is 1.76. The lowest BCUT2D eigenvalue weighted by Crippen LogP contribution is -2.17. The van der Waals surface area contributed by atoms with Gasteiger partial charge in [0.2, 0.25) is 0 Å². The van der Waals surface area contributed by atoms with E-state index in [2.05, 4.69) is 10.1 Å². The maximum absolute atomic E-state index is 12.0. The summed E-state index contributed by atoms with van der Waals surface area (Å²) in [6.45, 7) is 1.81. The molecule has 19 heavy (non-hydrogen) atoms. The topological polar surface area (TPSA) is 47.8 Å². The predicted octanol–water partition coefficient (Wildman–Crippen LogP) is 3.35. The van der Waals surface area contributed by atoms with Gasteiger partial charge in [0.25, 0.3) is 0 Å². The van der Waals surface area contributed by atoms with E-state index >= 15 is 0 Å². The molecule has 2 aromatic rings. The van der Waals surface area contributed by atoms with Crippen LogP contribution in [0.1, 0.15) is 24.9 Å². The Balaban J connectivity index is 1.97. The van der Waals surface area contributed by atoms with Gasteiger partial charge in [0.1, 0.15) is 18.7 Å². The Bertz CT molecular complexity index is 569. The van der Waals surface area contributed by atoms with Gasteiger partial charge in [-0.2, -0.15) is 5.10 Å². The second kappa shape index (κ2) is 6.17. The third-order valence-electron chi connectivity index (χ3n) is 2.96. The number of hydrogen-bond acceptors (Lipinski definition) is 3. The summed E-state index contributed by atoms with van der Waals surface area (Å²) in [6.07, 6.45) is 3.95. The number of halogens is 2. The number of carbonyl (C=O) groups excluding carboxylic acids is 1. The molecule has 0 bridgehead atoms. The van der Waals surface area contributed by atoms with Crippen LogP contribution in [0.4, 0.5) is 0 Å². The summed E-state index contributed by atoms with van der Waals surface area (Å²) < 4.78 is 1.55. The number of ketones is 1. The first-order valence-electron chi connectivity index (χ1n) is 5.88. The van der Waals surface area contributed by atoms with Crippen molar-refractivity contribution in [2.45, 2.75) is 25.8 Å². The maximum Gasteiger partial charge on any atom is 0.157 e. The van der Waals surface area contributed by atoms with Gasteiger partial charge < -0.3 is 0 Å². The molecule has 0 fully saturated rings. The monoisotopic (exact) mass is 297 g/mol. The first kappa shape index (κ1) is 14.0. The van der Waals surface area contributed by atoms with Crippen molar-refractivity contribution in [3.8, 4) is 0 Å². The molecule has 1 heterocycles. The number of hydrogen-bond donors (Lipinski definition) is 0. The van der Waals surface area contributed by atoms with Crippen LogP contribution >= 0.6 is 23.2 Å². The lowest BCUT2D eigenvalue weighted by Gasteiger charge is -2.10. The van der Waals surface area contributed by atoms with E-state index in [0.29, 0.717) is 22.9 Å². The van der Waals surface area contributed by atoms with E-state index in [0.717, 1.165) is 5.56 Å². The van der Waals surface area contributed by atoms with Crippen LogP contribution in [0.3, 0.4) is 0 Å². The number of nitrogens with zero attached hydrogens (tertiary/aromatic N) is 3. The van der Waals surface area contributed by atoms with Crippen molar-refractivity contribution in [1.82, 2.24) is 14.8 Å². The van der Waals surface area contributed by atoms with Crippen molar-refractivity contribution in [2.24, 2.45) is 0 Å². The molecule has 100 valence electrons. The van der Waals surface area contributed by atoms with E-state index in [9.17, 15) is 4.79 Å². The highest BCUT2D eigenvalue weighted by molar-refractivity contribution is 6.35. The summed E-state index contributed by atoms with van der Waals surface area (Å²) in [5, 5.41) is 5.15. The van der Waals surface area contributed by atoms with Crippen LogP contribution in [0.25, 0.3) is 0 Å². The van der Waals surface area contributed by atoms with Crippen molar-refractivity contribution >= 4 is 29.0 Å². The number of Topliss-reactive ketones (excluding diaryl/α,β-unsaturated/α-hetero) is 1. The quantitative estimate of drug-likeness (QED) is 0.850. The van der Waals surface area contributed by atoms with Crippen LogP contribution < -0.4 is 0 Å². The lowest BCUT2D eigenvalue weighted by molar-refractivity contribution is -0.122. The minimum absolute atomic E-state index is 0.0940. The molecule has 0 saturated heterocycles. The van der Waals surface area contributed by atoms with Gasteiger partial charge in [-0.15, -0.1) is 0 Å². The average Bonchev–Trinajstić information content (AvgIpc) is 2.90. The molecule has 1 aromatic heterocycles. The third-order valence-corrected chi connectivity index (χ3v) is 3.54. The second-order valence-corrected chi connectivity index (χ2v) is 5.10. The lowest BCUT2D eigenvalue weighted by atomic mass is 10.0. The van der Waals surface area contributed by atoms with Crippen LogP contribution in [0.2, 0.25) is 10.0 Å². The van der Waals surface area contributed by atoms with E-state index in [-0.39, 0.29) is 11.8 Å². The minimum atomic E-state index is -0.312. The third kappa shape index (κ3) is 3.55. The normalized spacial score (nSPS) is 12.4. The van der Waals surface area contributed by atoms with E-state index in [4.69, 9.17) is 23.2 Å². The zero-order valence-corrected chi connectivity index (χ0v) is 11.9. The fourth-order valence-corrected chi connectivity index (χ4v) is 2.26. The van der Waals surface area contributed by atoms with E-state index < -0.39 is 0 Å². The first-order valence-corrected chi connectivity index (χ1v) is 6.64. The predicted molar refractivity (Wildman–Crippen MR) is 74.5 cm³/mol. The molecule has 2 rings (SSSR count). The SMILES string of the molecule is CC(C(=O)CCc1ccc(Cl)cc1Cl)n1cncn1. The van der Waals surface area contributed by atoms with Crippen LogP contribution in [-0.4, -0.2) is 20.5 Å². The Labute approximate surface area is 121 Å². The molecule has 1 aromatic carbocycles. The highest BCUT2D eigenvalue weighted by Crippen LogP contribution is 2.22. The molecular weight excluding hydrogens is 285 g/mol. The number of benzene rings is 1. The second-order valence-electron chi connectivity index (χ2n) is 4.25.